The highest BCUT2D eigenvalue weighted by Crippen LogP contribution is 2.50. The SMILES string of the molecule is O=C(Nc1ccc(C(=O)N2CCN(Cc3ccc(C(O)(C(F)(F)F)C(F)(F)F)cc3)CC2)cc1)NC1CCC1. The Morgan fingerprint density at radius 3 is 1.90 bits per heavy atom. The van der Waals surface area contributed by atoms with E-state index in [4.69, 9.17) is 0 Å². The van der Waals surface area contributed by atoms with Crippen molar-refractivity contribution in [3.63, 3.8) is 0 Å². The molecule has 0 radical (unpaired) electrons. The maximum Gasteiger partial charge on any atom is 0.430 e. The number of nitrogens with zero attached hydrogens (tertiary/aromatic N) is 2. The van der Waals surface area contributed by atoms with Gasteiger partial charge in [-0.3, -0.25) is 9.69 Å². The standard InChI is InChI=1S/C26H28F6N4O3/c27-25(28,29)24(39,26(30,31)32)19-8-4-17(5-9-19)16-35-12-14-36(15-13-35)22(37)18-6-10-21(11-7-18)34-23(38)33-20-2-1-3-20/h4-11,20,39H,1-3,12-16H2,(H2,33,34,38). The Hall–Kier alpha value is -3.32. The normalized spacial score (nSPS) is 17.5. The molecular formula is C26H28F6N4O3. The number of halogens is 6. The van der Waals surface area contributed by atoms with Crippen LogP contribution in [0.1, 0.15) is 40.7 Å². The van der Waals surface area contributed by atoms with Crippen LogP contribution < -0.4 is 10.6 Å². The number of rotatable bonds is 6. The molecule has 7 nitrogen and oxygen atoms in total. The van der Waals surface area contributed by atoms with E-state index in [1.165, 1.54) is 0 Å². The van der Waals surface area contributed by atoms with Crippen LogP contribution >= 0.6 is 0 Å². The summed E-state index contributed by atoms with van der Waals surface area (Å²) in [6.45, 7) is 1.90. The van der Waals surface area contributed by atoms with Gasteiger partial charge in [0.1, 0.15) is 0 Å². The lowest BCUT2D eigenvalue weighted by Crippen LogP contribution is -2.53. The Morgan fingerprint density at radius 1 is 0.846 bits per heavy atom. The summed E-state index contributed by atoms with van der Waals surface area (Å²) in [7, 11) is 0. The molecule has 3 amide bonds. The van der Waals surface area contributed by atoms with Gasteiger partial charge in [0, 0.05) is 55.6 Å². The van der Waals surface area contributed by atoms with Crippen molar-refractivity contribution in [3.8, 4) is 0 Å². The molecule has 2 aromatic rings. The number of urea groups is 1. The maximum absolute atomic E-state index is 13.1. The second-order valence-electron chi connectivity index (χ2n) is 9.77. The fraction of sp³-hybridized carbons (Fsp3) is 0.462. The Kier molecular flexibility index (Phi) is 8.12. The Labute approximate surface area is 220 Å². The average molecular weight is 559 g/mol. The van der Waals surface area contributed by atoms with E-state index < -0.39 is 23.5 Å². The highest BCUT2D eigenvalue weighted by molar-refractivity contribution is 5.95. The molecule has 2 aliphatic rings. The lowest BCUT2D eigenvalue weighted by Gasteiger charge is -2.35. The minimum Gasteiger partial charge on any atom is -0.369 e. The Balaban J connectivity index is 1.28. The van der Waals surface area contributed by atoms with Crippen LogP contribution in [0.4, 0.5) is 36.8 Å². The summed E-state index contributed by atoms with van der Waals surface area (Å²) in [6.07, 6.45) is -8.83. The molecule has 4 rings (SSSR count). The highest BCUT2D eigenvalue weighted by atomic mass is 19.4. The van der Waals surface area contributed by atoms with Crippen molar-refractivity contribution in [1.82, 2.24) is 15.1 Å². The van der Waals surface area contributed by atoms with E-state index in [0.29, 0.717) is 55.1 Å². The maximum atomic E-state index is 13.1. The van der Waals surface area contributed by atoms with E-state index >= 15 is 0 Å². The molecule has 0 bridgehead atoms. The van der Waals surface area contributed by atoms with Crippen molar-refractivity contribution in [2.75, 3.05) is 31.5 Å². The second-order valence-corrected chi connectivity index (χ2v) is 9.77. The predicted octanol–water partition coefficient (Wildman–Crippen LogP) is 4.63. The van der Waals surface area contributed by atoms with E-state index in [9.17, 15) is 41.0 Å². The lowest BCUT2D eigenvalue weighted by atomic mass is 9.91. The third kappa shape index (κ3) is 6.30. The summed E-state index contributed by atoms with van der Waals surface area (Å²) >= 11 is 0. The van der Waals surface area contributed by atoms with Gasteiger partial charge in [-0.05, 0) is 49.1 Å². The fourth-order valence-electron chi connectivity index (χ4n) is 4.49. The molecule has 2 aromatic carbocycles. The van der Waals surface area contributed by atoms with Crippen LogP contribution in [-0.4, -0.2) is 71.4 Å². The molecule has 1 saturated heterocycles. The van der Waals surface area contributed by atoms with Crippen LogP contribution in [0.3, 0.4) is 0 Å². The quantitative estimate of drug-likeness (QED) is 0.452. The number of amides is 3. The number of anilines is 1. The number of aliphatic hydroxyl groups is 1. The predicted molar refractivity (Wildman–Crippen MR) is 130 cm³/mol. The smallest absolute Gasteiger partial charge is 0.369 e. The monoisotopic (exact) mass is 558 g/mol. The van der Waals surface area contributed by atoms with Crippen LogP contribution in [0.25, 0.3) is 0 Å². The summed E-state index contributed by atoms with van der Waals surface area (Å²) in [5.41, 5.74) is -4.79. The number of carbonyl (C=O) groups is 2. The van der Waals surface area contributed by atoms with Gasteiger partial charge in [0.05, 0.1) is 0 Å². The first-order valence-electron chi connectivity index (χ1n) is 12.4. The average Bonchev–Trinajstić information content (AvgIpc) is 2.85. The molecule has 3 N–H and O–H groups in total. The van der Waals surface area contributed by atoms with Gasteiger partial charge < -0.3 is 20.6 Å². The molecule has 212 valence electrons. The summed E-state index contributed by atoms with van der Waals surface area (Å²) in [5.74, 6) is -0.192. The molecule has 1 heterocycles. The molecule has 1 saturated carbocycles. The summed E-state index contributed by atoms with van der Waals surface area (Å²) in [6, 6.07) is 9.95. The molecule has 0 unspecified atom stereocenters. The molecule has 39 heavy (non-hydrogen) atoms. The van der Waals surface area contributed by atoms with Gasteiger partial charge in [0.2, 0.25) is 0 Å². The van der Waals surface area contributed by atoms with Crippen LogP contribution in [-0.2, 0) is 12.1 Å². The first kappa shape index (κ1) is 28.7. The van der Waals surface area contributed by atoms with Crippen LogP contribution in [0.15, 0.2) is 48.5 Å². The van der Waals surface area contributed by atoms with E-state index in [1.54, 1.807) is 29.2 Å². The van der Waals surface area contributed by atoms with Crippen molar-refractivity contribution in [2.45, 2.75) is 49.8 Å². The van der Waals surface area contributed by atoms with Gasteiger partial charge in [-0.25, -0.2) is 4.79 Å². The fourth-order valence-corrected chi connectivity index (χ4v) is 4.49. The van der Waals surface area contributed by atoms with Crippen molar-refractivity contribution in [1.29, 1.82) is 0 Å². The van der Waals surface area contributed by atoms with Gasteiger partial charge in [-0.15, -0.1) is 0 Å². The number of benzene rings is 2. The molecule has 0 atom stereocenters. The van der Waals surface area contributed by atoms with Crippen LogP contribution in [0.5, 0.6) is 0 Å². The largest absolute Gasteiger partial charge is 0.430 e. The van der Waals surface area contributed by atoms with Crippen LogP contribution in [0.2, 0.25) is 0 Å². The zero-order valence-electron chi connectivity index (χ0n) is 20.8. The van der Waals surface area contributed by atoms with Crippen LogP contribution in [0, 0.1) is 0 Å². The number of hydrogen-bond acceptors (Lipinski definition) is 4. The van der Waals surface area contributed by atoms with Crippen molar-refractivity contribution >= 4 is 17.6 Å². The van der Waals surface area contributed by atoms with Gasteiger partial charge in [-0.1, -0.05) is 24.3 Å². The zero-order chi connectivity index (χ0) is 28.4. The Morgan fingerprint density at radius 2 is 1.41 bits per heavy atom. The summed E-state index contributed by atoms with van der Waals surface area (Å²) in [5, 5.41) is 15.1. The lowest BCUT2D eigenvalue weighted by molar-refractivity contribution is -0.376. The molecule has 13 heteroatoms. The minimum atomic E-state index is -5.93. The number of alkyl halides is 6. The van der Waals surface area contributed by atoms with E-state index in [0.717, 1.165) is 31.4 Å². The topological polar surface area (TPSA) is 84.9 Å². The number of hydrogen-bond donors (Lipinski definition) is 3. The summed E-state index contributed by atoms with van der Waals surface area (Å²) in [4.78, 5) is 28.4. The molecule has 0 spiro atoms. The third-order valence-electron chi connectivity index (χ3n) is 7.09. The molecule has 0 aromatic heterocycles. The van der Waals surface area contributed by atoms with Gasteiger partial charge in [0.25, 0.3) is 11.5 Å². The molecule has 1 aliphatic carbocycles. The van der Waals surface area contributed by atoms with Gasteiger partial charge in [0.15, 0.2) is 0 Å². The second kappa shape index (κ2) is 11.0. The highest BCUT2D eigenvalue weighted by Gasteiger charge is 2.71. The van der Waals surface area contributed by atoms with Gasteiger partial charge in [-0.2, -0.15) is 26.3 Å². The molecular weight excluding hydrogens is 530 g/mol. The van der Waals surface area contributed by atoms with Crippen molar-refractivity contribution in [2.24, 2.45) is 0 Å². The number of carbonyl (C=O) groups excluding carboxylic acids is 2. The number of piperazine rings is 1. The van der Waals surface area contributed by atoms with Gasteiger partial charge >= 0.3 is 18.4 Å². The molecule has 1 aliphatic heterocycles. The Bertz CT molecular complexity index is 1140. The number of nitrogens with one attached hydrogen (secondary N) is 2. The first-order chi connectivity index (χ1) is 18.3. The van der Waals surface area contributed by atoms with E-state index in [2.05, 4.69) is 10.6 Å². The molecule has 2 fully saturated rings. The summed E-state index contributed by atoms with van der Waals surface area (Å²) < 4.78 is 78.5. The minimum absolute atomic E-state index is 0.192. The zero-order valence-corrected chi connectivity index (χ0v) is 20.8. The van der Waals surface area contributed by atoms with Crippen molar-refractivity contribution < 1.29 is 41.0 Å². The van der Waals surface area contributed by atoms with E-state index in [1.807, 2.05) is 4.90 Å². The first-order valence-corrected chi connectivity index (χ1v) is 12.4. The van der Waals surface area contributed by atoms with E-state index in [-0.39, 0.29) is 24.5 Å². The third-order valence-corrected chi connectivity index (χ3v) is 7.09. The van der Waals surface area contributed by atoms with Crippen molar-refractivity contribution in [3.05, 3.63) is 65.2 Å².